The fourth-order valence-electron chi connectivity index (χ4n) is 2.33. The number of benzene rings is 2. The summed E-state index contributed by atoms with van der Waals surface area (Å²) in [6.45, 7) is -0.108. The first-order valence-electron chi connectivity index (χ1n) is 6.41. The van der Waals surface area contributed by atoms with Gasteiger partial charge in [0.1, 0.15) is 12.4 Å². The van der Waals surface area contributed by atoms with Gasteiger partial charge in [-0.2, -0.15) is 13.2 Å². The van der Waals surface area contributed by atoms with Crippen molar-refractivity contribution in [1.29, 1.82) is 0 Å². The van der Waals surface area contributed by atoms with Crippen LogP contribution in [0.1, 0.15) is 11.1 Å². The summed E-state index contributed by atoms with van der Waals surface area (Å²) < 4.78 is 43.9. The van der Waals surface area contributed by atoms with Gasteiger partial charge in [-0.1, -0.05) is 41.9 Å². The van der Waals surface area contributed by atoms with Crippen LogP contribution in [-0.4, -0.2) is 12.1 Å². The van der Waals surface area contributed by atoms with E-state index in [1.807, 2.05) is 6.07 Å². The highest BCUT2D eigenvalue weighted by atomic mass is 35.5. The zero-order valence-electron chi connectivity index (χ0n) is 11.2. The molecule has 0 aliphatic carbocycles. The minimum Gasteiger partial charge on any atom is -0.488 e. The minimum absolute atomic E-state index is 0.108. The molecule has 22 heavy (non-hydrogen) atoms. The Balaban J connectivity index is 2.20. The summed E-state index contributed by atoms with van der Waals surface area (Å²) in [4.78, 5) is 0.133. The molecular formula is C16H10ClF3OS. The lowest BCUT2D eigenvalue weighted by atomic mass is 9.95. The monoisotopic (exact) mass is 342 g/mol. The molecule has 0 N–H and O–H groups in total. The van der Waals surface area contributed by atoms with E-state index in [9.17, 15) is 13.2 Å². The van der Waals surface area contributed by atoms with Crippen molar-refractivity contribution in [3.05, 3.63) is 69.6 Å². The molecule has 0 aromatic heterocycles. The van der Waals surface area contributed by atoms with E-state index in [-0.39, 0.29) is 23.3 Å². The van der Waals surface area contributed by atoms with Crippen molar-refractivity contribution in [3.63, 3.8) is 0 Å². The second-order valence-electron chi connectivity index (χ2n) is 4.64. The highest BCUT2D eigenvalue weighted by molar-refractivity contribution is 8.04. The number of fused-ring (bicyclic) bond motifs is 1. The van der Waals surface area contributed by atoms with E-state index in [1.165, 1.54) is 0 Å². The largest absolute Gasteiger partial charge is 0.488 e. The van der Waals surface area contributed by atoms with Gasteiger partial charge in [0.2, 0.25) is 0 Å². The van der Waals surface area contributed by atoms with Gasteiger partial charge in [0.05, 0.1) is 0 Å². The fourth-order valence-corrected chi connectivity index (χ4v) is 3.23. The lowest BCUT2D eigenvalue weighted by Gasteiger charge is -2.24. The highest BCUT2D eigenvalue weighted by Gasteiger charge is 2.34. The quantitative estimate of drug-likeness (QED) is 0.687. The van der Waals surface area contributed by atoms with Crippen LogP contribution in [0.15, 0.2) is 53.4 Å². The summed E-state index contributed by atoms with van der Waals surface area (Å²) in [6.07, 6.45) is 0. The number of ether oxygens (including phenoxy) is 1. The van der Waals surface area contributed by atoms with Crippen LogP contribution in [0.3, 0.4) is 0 Å². The van der Waals surface area contributed by atoms with Crippen molar-refractivity contribution in [2.75, 3.05) is 6.61 Å². The second-order valence-corrected chi connectivity index (χ2v) is 6.24. The lowest BCUT2D eigenvalue weighted by molar-refractivity contribution is -0.0323. The van der Waals surface area contributed by atoms with Crippen LogP contribution in [0, 0.1) is 0 Å². The average Bonchev–Trinajstić information content (AvgIpc) is 2.46. The Labute approximate surface area is 134 Å². The van der Waals surface area contributed by atoms with Crippen LogP contribution < -0.4 is 4.74 Å². The van der Waals surface area contributed by atoms with E-state index >= 15 is 0 Å². The van der Waals surface area contributed by atoms with Crippen LogP contribution >= 0.6 is 23.4 Å². The van der Waals surface area contributed by atoms with Gasteiger partial charge in [-0.25, -0.2) is 0 Å². The number of hydrogen-bond donors (Lipinski definition) is 0. The summed E-state index contributed by atoms with van der Waals surface area (Å²) in [5, 5.41) is 0.453. The molecule has 2 aromatic carbocycles. The summed E-state index contributed by atoms with van der Waals surface area (Å²) in [7, 11) is 0. The van der Waals surface area contributed by atoms with Crippen molar-refractivity contribution >= 4 is 28.9 Å². The molecule has 0 fully saturated rings. The number of hydrogen-bond acceptors (Lipinski definition) is 2. The van der Waals surface area contributed by atoms with Gasteiger partial charge in [0, 0.05) is 21.1 Å². The van der Waals surface area contributed by atoms with Crippen molar-refractivity contribution in [1.82, 2.24) is 0 Å². The normalized spacial score (nSPS) is 14.5. The van der Waals surface area contributed by atoms with Gasteiger partial charge in [-0.05, 0) is 35.5 Å². The molecule has 3 rings (SSSR count). The van der Waals surface area contributed by atoms with E-state index in [2.05, 4.69) is 0 Å². The minimum atomic E-state index is -4.37. The predicted molar refractivity (Wildman–Crippen MR) is 83.1 cm³/mol. The van der Waals surface area contributed by atoms with Gasteiger partial charge >= 0.3 is 5.51 Å². The molecule has 0 amide bonds. The smallest absolute Gasteiger partial charge is 0.446 e. The maximum absolute atomic E-state index is 12.8. The van der Waals surface area contributed by atoms with Crippen LogP contribution in [0.25, 0.3) is 5.57 Å². The zero-order valence-corrected chi connectivity index (χ0v) is 12.7. The van der Waals surface area contributed by atoms with Crippen molar-refractivity contribution in [2.45, 2.75) is 5.51 Å². The van der Waals surface area contributed by atoms with Crippen LogP contribution in [0.5, 0.6) is 5.75 Å². The molecular weight excluding hydrogens is 333 g/mol. The molecule has 0 radical (unpaired) electrons. The Hall–Kier alpha value is -1.59. The number of rotatable bonds is 2. The van der Waals surface area contributed by atoms with Gasteiger partial charge in [0.15, 0.2) is 0 Å². The Bertz CT molecular complexity index is 726. The van der Waals surface area contributed by atoms with E-state index in [0.29, 0.717) is 27.5 Å². The number of alkyl halides is 3. The molecule has 1 aliphatic heterocycles. The van der Waals surface area contributed by atoms with Gasteiger partial charge in [-0.3, -0.25) is 0 Å². The molecule has 0 saturated carbocycles. The molecule has 1 heterocycles. The first-order chi connectivity index (χ1) is 10.4. The summed E-state index contributed by atoms with van der Waals surface area (Å²) in [5.74, 6) is 0.537. The molecule has 1 aliphatic rings. The molecule has 0 atom stereocenters. The lowest BCUT2D eigenvalue weighted by Crippen LogP contribution is -2.14. The third kappa shape index (κ3) is 3.25. The predicted octanol–water partition coefficient (Wildman–Crippen LogP) is 5.74. The Morgan fingerprint density at radius 3 is 2.45 bits per heavy atom. The molecule has 2 aromatic rings. The third-order valence-corrected chi connectivity index (χ3v) is 4.18. The van der Waals surface area contributed by atoms with E-state index in [0.717, 1.165) is 0 Å². The third-order valence-electron chi connectivity index (χ3n) is 3.15. The van der Waals surface area contributed by atoms with Gasteiger partial charge in [-0.15, -0.1) is 0 Å². The van der Waals surface area contributed by atoms with Gasteiger partial charge < -0.3 is 4.74 Å². The van der Waals surface area contributed by atoms with E-state index in [1.54, 1.807) is 42.5 Å². The maximum Gasteiger partial charge on any atom is 0.446 e. The van der Waals surface area contributed by atoms with Crippen molar-refractivity contribution in [2.24, 2.45) is 0 Å². The summed E-state index contributed by atoms with van der Waals surface area (Å²) in [5.41, 5.74) is -2.56. The van der Waals surface area contributed by atoms with Gasteiger partial charge in [0.25, 0.3) is 0 Å². The van der Waals surface area contributed by atoms with Crippen LogP contribution in [0.4, 0.5) is 13.2 Å². The Morgan fingerprint density at radius 2 is 1.77 bits per heavy atom. The van der Waals surface area contributed by atoms with E-state index in [4.69, 9.17) is 16.3 Å². The Kier molecular flexibility index (Phi) is 4.10. The fraction of sp³-hybridized carbons (Fsp3) is 0.125. The molecule has 0 saturated heterocycles. The molecule has 1 nitrogen and oxygen atoms in total. The maximum atomic E-state index is 12.8. The van der Waals surface area contributed by atoms with Crippen molar-refractivity contribution in [3.8, 4) is 5.75 Å². The highest BCUT2D eigenvalue weighted by Crippen LogP contribution is 2.46. The van der Waals surface area contributed by atoms with Crippen LogP contribution in [-0.2, 0) is 0 Å². The molecule has 0 bridgehead atoms. The zero-order chi connectivity index (χ0) is 15.7. The van der Waals surface area contributed by atoms with E-state index < -0.39 is 5.51 Å². The number of halogens is 4. The Morgan fingerprint density at radius 1 is 1.05 bits per heavy atom. The molecule has 114 valence electrons. The standard InChI is InChI=1S/C16H10ClF3OS/c17-11-6-7-13-12(8-11)15(10-4-2-1-3-5-10)14(9-21-13)22-16(18,19)20/h1-8H,9H2. The first kappa shape index (κ1) is 15.3. The molecule has 6 heteroatoms. The molecule has 0 spiro atoms. The summed E-state index contributed by atoms with van der Waals surface area (Å²) in [6, 6.07) is 13.9. The average molecular weight is 343 g/mol. The molecule has 0 unspecified atom stereocenters. The summed E-state index contributed by atoms with van der Waals surface area (Å²) >= 11 is 5.86. The SMILES string of the molecule is FC(F)(F)SC1=C(c2ccccc2)c2cc(Cl)ccc2OC1. The second kappa shape index (κ2) is 5.89. The number of thioether (sulfide) groups is 1. The topological polar surface area (TPSA) is 9.23 Å². The van der Waals surface area contributed by atoms with Crippen molar-refractivity contribution < 1.29 is 17.9 Å². The van der Waals surface area contributed by atoms with Crippen LogP contribution in [0.2, 0.25) is 5.02 Å². The first-order valence-corrected chi connectivity index (χ1v) is 7.60.